The van der Waals surface area contributed by atoms with Crippen molar-refractivity contribution in [1.29, 1.82) is 0 Å². The lowest BCUT2D eigenvalue weighted by atomic mass is 9.98. The second-order valence-electron chi connectivity index (χ2n) is 4.51. The first-order valence-corrected chi connectivity index (χ1v) is 6.36. The zero-order valence-electron chi connectivity index (χ0n) is 11.6. The predicted octanol–water partition coefficient (Wildman–Crippen LogP) is 3.09. The summed E-state index contributed by atoms with van der Waals surface area (Å²) < 4.78 is 24.2. The number of hydrogen-bond donors (Lipinski definition) is 1. The average molecular weight is 275 g/mol. The van der Waals surface area contributed by atoms with Crippen LogP contribution >= 0.6 is 0 Å². The van der Waals surface area contributed by atoms with Gasteiger partial charge in [-0.15, -0.1) is 0 Å². The van der Waals surface area contributed by atoms with Gasteiger partial charge in [-0.25, -0.2) is 4.39 Å². The Kier molecular flexibility index (Phi) is 4.58. The van der Waals surface area contributed by atoms with Crippen molar-refractivity contribution in [3.63, 3.8) is 0 Å². The van der Waals surface area contributed by atoms with Gasteiger partial charge in [-0.3, -0.25) is 0 Å². The minimum atomic E-state index is -0.459. The Balaban J connectivity index is 2.21. The average Bonchev–Trinajstić information content (AvgIpc) is 2.47. The number of halogens is 1. The first-order chi connectivity index (χ1) is 9.65. The third-order valence-corrected chi connectivity index (χ3v) is 3.22. The lowest BCUT2D eigenvalue weighted by molar-refractivity contribution is 0.398. The van der Waals surface area contributed by atoms with Gasteiger partial charge in [0, 0.05) is 11.6 Å². The van der Waals surface area contributed by atoms with Crippen molar-refractivity contribution in [3.05, 3.63) is 59.4 Å². The lowest BCUT2D eigenvalue weighted by Crippen LogP contribution is -2.16. The Bertz CT molecular complexity index is 569. The van der Waals surface area contributed by atoms with E-state index in [2.05, 4.69) is 0 Å². The van der Waals surface area contributed by atoms with Crippen LogP contribution in [-0.2, 0) is 6.42 Å². The summed E-state index contributed by atoms with van der Waals surface area (Å²) in [5.74, 6) is 0.919. The molecule has 0 saturated heterocycles. The molecule has 0 aliphatic rings. The van der Waals surface area contributed by atoms with Crippen LogP contribution in [-0.4, -0.2) is 14.2 Å². The van der Waals surface area contributed by atoms with E-state index < -0.39 is 6.04 Å². The standard InChI is InChI=1S/C16H18FNO2/c1-19-12-8-6-11(7-9-12)10-14(18)16-13(17)4-3-5-15(16)20-2/h3-9,14H,10,18H2,1-2H3. The smallest absolute Gasteiger partial charge is 0.131 e. The lowest BCUT2D eigenvalue weighted by Gasteiger charge is -2.16. The minimum Gasteiger partial charge on any atom is -0.497 e. The summed E-state index contributed by atoms with van der Waals surface area (Å²) in [5, 5.41) is 0. The molecule has 0 aliphatic carbocycles. The van der Waals surface area contributed by atoms with E-state index in [0.717, 1.165) is 11.3 Å². The highest BCUT2D eigenvalue weighted by molar-refractivity contribution is 5.38. The van der Waals surface area contributed by atoms with Gasteiger partial charge in [0.15, 0.2) is 0 Å². The molecule has 20 heavy (non-hydrogen) atoms. The molecule has 4 heteroatoms. The molecule has 0 heterocycles. The Labute approximate surface area is 118 Å². The fourth-order valence-corrected chi connectivity index (χ4v) is 2.17. The van der Waals surface area contributed by atoms with Crippen LogP contribution in [0.1, 0.15) is 17.2 Å². The van der Waals surface area contributed by atoms with E-state index in [9.17, 15) is 4.39 Å². The largest absolute Gasteiger partial charge is 0.497 e. The van der Waals surface area contributed by atoms with Crippen molar-refractivity contribution in [2.75, 3.05) is 14.2 Å². The van der Waals surface area contributed by atoms with Gasteiger partial charge < -0.3 is 15.2 Å². The third-order valence-electron chi connectivity index (χ3n) is 3.22. The Morgan fingerprint density at radius 2 is 1.75 bits per heavy atom. The second kappa shape index (κ2) is 6.39. The van der Waals surface area contributed by atoms with Gasteiger partial charge in [0.2, 0.25) is 0 Å². The SMILES string of the molecule is COc1ccc(CC(N)c2c(F)cccc2OC)cc1. The third kappa shape index (κ3) is 3.08. The second-order valence-corrected chi connectivity index (χ2v) is 4.51. The Hall–Kier alpha value is -2.07. The zero-order chi connectivity index (χ0) is 14.5. The van der Waals surface area contributed by atoms with E-state index in [1.165, 1.54) is 13.2 Å². The maximum absolute atomic E-state index is 13.9. The van der Waals surface area contributed by atoms with Crippen molar-refractivity contribution in [3.8, 4) is 11.5 Å². The number of ether oxygens (including phenoxy) is 2. The molecule has 0 aromatic heterocycles. The van der Waals surface area contributed by atoms with Crippen molar-refractivity contribution >= 4 is 0 Å². The molecule has 3 nitrogen and oxygen atoms in total. The molecule has 106 valence electrons. The summed E-state index contributed by atoms with van der Waals surface area (Å²) in [6, 6.07) is 11.8. The van der Waals surface area contributed by atoms with Crippen LogP contribution in [0.4, 0.5) is 4.39 Å². The Morgan fingerprint density at radius 1 is 1.05 bits per heavy atom. The van der Waals surface area contributed by atoms with Gasteiger partial charge in [0.1, 0.15) is 17.3 Å². The minimum absolute atomic E-state index is 0.342. The van der Waals surface area contributed by atoms with Crippen LogP contribution in [0.2, 0.25) is 0 Å². The van der Waals surface area contributed by atoms with Gasteiger partial charge in [-0.2, -0.15) is 0 Å². The van der Waals surface area contributed by atoms with Gasteiger partial charge >= 0.3 is 0 Å². The maximum Gasteiger partial charge on any atom is 0.131 e. The van der Waals surface area contributed by atoms with Crippen molar-refractivity contribution in [1.82, 2.24) is 0 Å². The molecule has 0 aliphatic heterocycles. The van der Waals surface area contributed by atoms with Gasteiger partial charge in [0.05, 0.1) is 14.2 Å². The monoisotopic (exact) mass is 275 g/mol. The molecule has 0 fully saturated rings. The van der Waals surface area contributed by atoms with Crippen LogP contribution in [0.25, 0.3) is 0 Å². The number of hydrogen-bond acceptors (Lipinski definition) is 3. The van der Waals surface area contributed by atoms with Crippen LogP contribution in [0.5, 0.6) is 11.5 Å². The predicted molar refractivity (Wildman–Crippen MR) is 76.6 cm³/mol. The number of rotatable bonds is 5. The molecule has 0 amide bonds. The first kappa shape index (κ1) is 14.3. The summed E-state index contributed by atoms with van der Waals surface area (Å²) in [7, 11) is 3.13. The highest BCUT2D eigenvalue weighted by atomic mass is 19.1. The Morgan fingerprint density at radius 3 is 2.35 bits per heavy atom. The van der Waals surface area contributed by atoms with Crippen molar-refractivity contribution < 1.29 is 13.9 Å². The number of benzene rings is 2. The molecular weight excluding hydrogens is 257 g/mol. The molecule has 1 unspecified atom stereocenters. The molecule has 2 rings (SSSR count). The van der Waals surface area contributed by atoms with Gasteiger partial charge in [0.25, 0.3) is 0 Å². The summed E-state index contributed by atoms with van der Waals surface area (Å²) in [6.07, 6.45) is 0.529. The molecule has 0 saturated carbocycles. The van der Waals surface area contributed by atoms with Gasteiger partial charge in [-0.1, -0.05) is 18.2 Å². The van der Waals surface area contributed by atoms with E-state index in [-0.39, 0.29) is 5.82 Å². The molecule has 0 bridgehead atoms. The molecule has 0 spiro atoms. The normalized spacial score (nSPS) is 12.0. The first-order valence-electron chi connectivity index (χ1n) is 6.36. The molecule has 2 aromatic carbocycles. The number of methoxy groups -OCH3 is 2. The summed E-state index contributed by atoms with van der Waals surface area (Å²) in [4.78, 5) is 0. The van der Waals surface area contributed by atoms with E-state index in [1.54, 1.807) is 19.2 Å². The van der Waals surface area contributed by atoms with Crippen LogP contribution in [0.15, 0.2) is 42.5 Å². The van der Waals surface area contributed by atoms with E-state index in [4.69, 9.17) is 15.2 Å². The zero-order valence-corrected chi connectivity index (χ0v) is 11.6. The topological polar surface area (TPSA) is 44.5 Å². The molecule has 2 N–H and O–H groups in total. The molecule has 2 aromatic rings. The van der Waals surface area contributed by atoms with Crippen LogP contribution < -0.4 is 15.2 Å². The summed E-state index contributed by atoms with van der Waals surface area (Å²) >= 11 is 0. The number of nitrogens with two attached hydrogens (primary N) is 1. The van der Waals surface area contributed by atoms with Crippen LogP contribution in [0.3, 0.4) is 0 Å². The van der Waals surface area contributed by atoms with Crippen LogP contribution in [0, 0.1) is 5.82 Å². The van der Waals surface area contributed by atoms with Crippen molar-refractivity contribution in [2.45, 2.75) is 12.5 Å². The van der Waals surface area contributed by atoms with Crippen molar-refractivity contribution in [2.24, 2.45) is 5.73 Å². The molecule has 1 atom stereocenters. The van der Waals surface area contributed by atoms with Gasteiger partial charge in [-0.05, 0) is 36.2 Å². The summed E-state index contributed by atoms with van der Waals surface area (Å²) in [5.41, 5.74) is 7.55. The van der Waals surface area contributed by atoms with E-state index in [1.807, 2.05) is 24.3 Å². The maximum atomic E-state index is 13.9. The highest BCUT2D eigenvalue weighted by Crippen LogP contribution is 2.28. The summed E-state index contributed by atoms with van der Waals surface area (Å²) in [6.45, 7) is 0. The fraction of sp³-hybridized carbons (Fsp3) is 0.250. The molecule has 0 radical (unpaired) electrons. The fourth-order valence-electron chi connectivity index (χ4n) is 2.17. The molecular formula is C16H18FNO2. The van der Waals surface area contributed by atoms with E-state index >= 15 is 0 Å². The quantitative estimate of drug-likeness (QED) is 0.912. The van der Waals surface area contributed by atoms with E-state index in [0.29, 0.717) is 17.7 Å². The highest BCUT2D eigenvalue weighted by Gasteiger charge is 2.17.